The molecule has 2 amide bonds. The largest absolute Gasteiger partial charge is 0.346 e. The minimum atomic E-state index is -0.594. The van der Waals surface area contributed by atoms with Crippen molar-refractivity contribution < 1.29 is 9.59 Å². The van der Waals surface area contributed by atoms with Gasteiger partial charge >= 0.3 is 0 Å². The average molecular weight is 351 g/mol. The van der Waals surface area contributed by atoms with Crippen molar-refractivity contribution in [1.29, 1.82) is 0 Å². The van der Waals surface area contributed by atoms with Crippen LogP contribution in [0.15, 0.2) is 24.4 Å². The molecule has 0 saturated heterocycles. The highest BCUT2D eigenvalue weighted by Crippen LogP contribution is 2.00. The molecule has 0 unspecified atom stereocenters. The molecule has 0 spiro atoms. The topological polar surface area (TPSA) is 88.3 Å². The number of halogens is 2. The molecular formula is C14H24Cl2N4O2. The van der Waals surface area contributed by atoms with Gasteiger partial charge in [0.2, 0.25) is 11.8 Å². The quantitative estimate of drug-likeness (QED) is 0.800. The summed E-state index contributed by atoms with van der Waals surface area (Å²) in [4.78, 5) is 29.2. The van der Waals surface area contributed by atoms with Gasteiger partial charge in [-0.1, -0.05) is 19.9 Å². The second-order valence-electron chi connectivity index (χ2n) is 5.06. The van der Waals surface area contributed by atoms with Gasteiger partial charge in [-0.25, -0.2) is 0 Å². The van der Waals surface area contributed by atoms with E-state index in [2.05, 4.69) is 10.3 Å². The highest BCUT2D eigenvalue weighted by atomic mass is 35.5. The number of rotatable bonds is 6. The van der Waals surface area contributed by atoms with Crippen molar-refractivity contribution in [2.75, 3.05) is 13.6 Å². The zero-order valence-corrected chi connectivity index (χ0v) is 14.6. The molecular weight excluding hydrogens is 327 g/mol. The monoisotopic (exact) mass is 350 g/mol. The fourth-order valence-corrected chi connectivity index (χ4v) is 1.54. The van der Waals surface area contributed by atoms with E-state index < -0.39 is 6.04 Å². The highest BCUT2D eigenvalue weighted by Gasteiger charge is 2.18. The summed E-state index contributed by atoms with van der Waals surface area (Å²) in [6.45, 7) is 4.08. The fourth-order valence-electron chi connectivity index (χ4n) is 1.54. The van der Waals surface area contributed by atoms with Gasteiger partial charge in [0.25, 0.3) is 0 Å². The molecule has 22 heavy (non-hydrogen) atoms. The van der Waals surface area contributed by atoms with Crippen molar-refractivity contribution in [1.82, 2.24) is 15.2 Å². The van der Waals surface area contributed by atoms with Crippen LogP contribution in [0.4, 0.5) is 0 Å². The predicted molar refractivity (Wildman–Crippen MR) is 91.0 cm³/mol. The lowest BCUT2D eigenvalue weighted by Gasteiger charge is -2.19. The summed E-state index contributed by atoms with van der Waals surface area (Å²) in [5.41, 5.74) is 6.50. The number of pyridine rings is 1. The molecule has 3 N–H and O–H groups in total. The van der Waals surface area contributed by atoms with Gasteiger partial charge in [-0.05, 0) is 18.1 Å². The Morgan fingerprint density at radius 1 is 1.32 bits per heavy atom. The second kappa shape index (κ2) is 11.2. The molecule has 0 bridgehead atoms. The SMILES string of the molecule is CC(C)[C@H](N)C(=O)NCC(=O)N(C)Cc1ccccn1.Cl.Cl. The molecule has 0 aromatic carbocycles. The van der Waals surface area contributed by atoms with E-state index in [0.29, 0.717) is 6.54 Å². The molecule has 1 heterocycles. The Labute approximate surface area is 143 Å². The number of amides is 2. The summed E-state index contributed by atoms with van der Waals surface area (Å²) >= 11 is 0. The summed E-state index contributed by atoms with van der Waals surface area (Å²) < 4.78 is 0. The third-order valence-corrected chi connectivity index (χ3v) is 2.99. The van der Waals surface area contributed by atoms with E-state index in [1.165, 1.54) is 4.90 Å². The number of nitrogens with two attached hydrogens (primary N) is 1. The maximum absolute atomic E-state index is 11.9. The lowest BCUT2D eigenvalue weighted by atomic mass is 10.1. The molecule has 0 radical (unpaired) electrons. The molecule has 1 aromatic heterocycles. The summed E-state index contributed by atoms with van der Waals surface area (Å²) in [6.07, 6.45) is 1.68. The van der Waals surface area contributed by atoms with Crippen LogP contribution < -0.4 is 11.1 Å². The van der Waals surface area contributed by atoms with Crippen LogP contribution in [0.5, 0.6) is 0 Å². The first-order chi connectivity index (χ1) is 9.41. The summed E-state index contributed by atoms with van der Waals surface area (Å²) in [5.74, 6) is -0.448. The smallest absolute Gasteiger partial charge is 0.242 e. The predicted octanol–water partition coefficient (Wildman–Crippen LogP) is 0.983. The number of hydrogen-bond acceptors (Lipinski definition) is 4. The van der Waals surface area contributed by atoms with Crippen molar-refractivity contribution in [3.8, 4) is 0 Å². The molecule has 0 aliphatic rings. The Kier molecular flexibility index (Phi) is 11.7. The maximum Gasteiger partial charge on any atom is 0.242 e. The summed E-state index contributed by atoms with van der Waals surface area (Å²) in [5, 5.41) is 2.55. The van der Waals surface area contributed by atoms with Gasteiger partial charge in [0.1, 0.15) is 0 Å². The first-order valence-corrected chi connectivity index (χ1v) is 6.59. The minimum Gasteiger partial charge on any atom is -0.346 e. The van der Waals surface area contributed by atoms with Crippen molar-refractivity contribution in [3.63, 3.8) is 0 Å². The van der Waals surface area contributed by atoms with Crippen molar-refractivity contribution in [2.24, 2.45) is 11.7 Å². The lowest BCUT2D eigenvalue weighted by Crippen LogP contribution is -2.47. The molecule has 1 rings (SSSR count). The minimum absolute atomic E-state index is 0. The molecule has 8 heteroatoms. The summed E-state index contributed by atoms with van der Waals surface area (Å²) in [6, 6.07) is 4.93. The van der Waals surface area contributed by atoms with Crippen LogP contribution in [0.2, 0.25) is 0 Å². The fraction of sp³-hybridized carbons (Fsp3) is 0.500. The van der Waals surface area contributed by atoms with Gasteiger partial charge in [0, 0.05) is 13.2 Å². The van der Waals surface area contributed by atoms with Crippen LogP contribution in [-0.2, 0) is 16.1 Å². The molecule has 1 aromatic rings. The van der Waals surface area contributed by atoms with Crippen LogP contribution in [-0.4, -0.2) is 41.3 Å². The zero-order valence-electron chi connectivity index (χ0n) is 13.0. The first kappa shape index (κ1) is 22.9. The number of nitrogens with one attached hydrogen (secondary N) is 1. The van der Waals surface area contributed by atoms with E-state index >= 15 is 0 Å². The first-order valence-electron chi connectivity index (χ1n) is 6.59. The highest BCUT2D eigenvalue weighted by molar-refractivity contribution is 5.87. The Balaban J connectivity index is 0. The van der Waals surface area contributed by atoms with E-state index in [-0.39, 0.29) is 49.1 Å². The maximum atomic E-state index is 11.9. The molecule has 126 valence electrons. The number of carbonyl (C=O) groups excluding carboxylic acids is 2. The molecule has 0 saturated carbocycles. The van der Waals surface area contributed by atoms with Gasteiger partial charge in [0.15, 0.2) is 0 Å². The molecule has 0 fully saturated rings. The van der Waals surface area contributed by atoms with Gasteiger partial charge in [-0.2, -0.15) is 0 Å². The Bertz CT molecular complexity index is 457. The van der Waals surface area contributed by atoms with Gasteiger partial charge in [-0.15, -0.1) is 24.8 Å². The Morgan fingerprint density at radius 3 is 2.45 bits per heavy atom. The van der Waals surface area contributed by atoms with Crippen molar-refractivity contribution in [3.05, 3.63) is 30.1 Å². The van der Waals surface area contributed by atoms with Gasteiger partial charge in [0.05, 0.1) is 24.8 Å². The Hall–Kier alpha value is -1.37. The normalized spacial score (nSPS) is 11.0. The van der Waals surface area contributed by atoms with E-state index in [4.69, 9.17) is 5.73 Å². The summed E-state index contributed by atoms with van der Waals surface area (Å²) in [7, 11) is 1.67. The van der Waals surface area contributed by atoms with Crippen molar-refractivity contribution >= 4 is 36.6 Å². The van der Waals surface area contributed by atoms with Crippen LogP contribution >= 0.6 is 24.8 Å². The number of nitrogens with zero attached hydrogens (tertiary/aromatic N) is 2. The third-order valence-electron chi connectivity index (χ3n) is 2.99. The standard InChI is InChI=1S/C14H22N4O2.2ClH/c1-10(2)13(15)14(20)17-8-12(19)18(3)9-11-6-4-5-7-16-11;;/h4-7,10,13H,8-9,15H2,1-3H3,(H,17,20);2*1H/t13-;;/m0../s1. The van der Waals surface area contributed by atoms with Crippen LogP contribution in [0.3, 0.4) is 0 Å². The van der Waals surface area contributed by atoms with E-state index in [0.717, 1.165) is 5.69 Å². The van der Waals surface area contributed by atoms with Crippen LogP contribution in [0.1, 0.15) is 19.5 Å². The van der Waals surface area contributed by atoms with E-state index in [1.54, 1.807) is 13.2 Å². The van der Waals surface area contributed by atoms with E-state index in [1.807, 2.05) is 32.0 Å². The second-order valence-corrected chi connectivity index (χ2v) is 5.06. The number of aromatic nitrogens is 1. The van der Waals surface area contributed by atoms with Crippen LogP contribution in [0, 0.1) is 5.92 Å². The molecule has 0 aliphatic carbocycles. The molecule has 6 nitrogen and oxygen atoms in total. The molecule has 1 atom stereocenters. The molecule has 0 aliphatic heterocycles. The van der Waals surface area contributed by atoms with Gasteiger partial charge in [-0.3, -0.25) is 14.6 Å². The van der Waals surface area contributed by atoms with Crippen LogP contribution in [0.25, 0.3) is 0 Å². The lowest BCUT2D eigenvalue weighted by molar-refractivity contribution is -0.132. The zero-order chi connectivity index (χ0) is 15.1. The van der Waals surface area contributed by atoms with E-state index in [9.17, 15) is 9.59 Å². The number of hydrogen-bond donors (Lipinski definition) is 2. The number of carbonyl (C=O) groups is 2. The number of likely N-dealkylation sites (N-methyl/N-ethyl adjacent to an activating group) is 1. The van der Waals surface area contributed by atoms with Gasteiger partial charge < -0.3 is 16.0 Å². The average Bonchev–Trinajstić information content (AvgIpc) is 2.44. The Morgan fingerprint density at radius 2 is 1.95 bits per heavy atom. The van der Waals surface area contributed by atoms with Crippen molar-refractivity contribution in [2.45, 2.75) is 26.4 Å². The third kappa shape index (κ3) is 7.59.